The first kappa shape index (κ1) is 19.5. The van der Waals surface area contributed by atoms with Crippen LogP contribution in [0, 0.1) is 12.8 Å². The maximum atomic E-state index is 13.0. The molecule has 0 atom stereocenters. The Morgan fingerprint density at radius 2 is 2.16 bits per heavy atom. The van der Waals surface area contributed by atoms with E-state index in [1.165, 1.54) is 0 Å². The highest BCUT2D eigenvalue weighted by Gasteiger charge is 2.32. The van der Waals surface area contributed by atoms with Gasteiger partial charge < -0.3 is 20.1 Å². The number of nitrogens with one attached hydrogen (secondary N) is 2. The highest BCUT2D eigenvalue weighted by Crippen LogP contribution is 2.35. The Balaban J connectivity index is 1.30. The SMILES string of the molecule is Cc1cccc2[nH]c(CCN(C)C(=O)c3cnc4c(c3)N(CC3CC3)C(=O)CN4)nc12. The summed E-state index contributed by atoms with van der Waals surface area (Å²) in [5.74, 6) is 1.99. The van der Waals surface area contributed by atoms with E-state index in [4.69, 9.17) is 0 Å². The van der Waals surface area contributed by atoms with Crippen molar-refractivity contribution in [2.75, 3.05) is 36.9 Å². The van der Waals surface area contributed by atoms with Crippen molar-refractivity contribution in [1.29, 1.82) is 0 Å². The summed E-state index contributed by atoms with van der Waals surface area (Å²) in [6.07, 6.45) is 4.52. The molecule has 160 valence electrons. The number of rotatable bonds is 6. The molecule has 31 heavy (non-hydrogen) atoms. The third-order valence-electron chi connectivity index (χ3n) is 6.05. The molecule has 0 unspecified atom stereocenters. The van der Waals surface area contributed by atoms with Gasteiger partial charge in [0.1, 0.15) is 11.6 Å². The van der Waals surface area contributed by atoms with Gasteiger partial charge in [0, 0.05) is 32.8 Å². The van der Waals surface area contributed by atoms with Crippen molar-refractivity contribution in [1.82, 2.24) is 19.9 Å². The molecule has 1 aliphatic carbocycles. The van der Waals surface area contributed by atoms with Crippen LogP contribution >= 0.6 is 0 Å². The molecular formula is C23H26N6O2. The van der Waals surface area contributed by atoms with Crippen LogP contribution in [0.15, 0.2) is 30.5 Å². The number of nitrogens with zero attached hydrogens (tertiary/aromatic N) is 4. The Kier molecular flexibility index (Phi) is 4.84. The number of hydrogen-bond acceptors (Lipinski definition) is 5. The Labute approximate surface area is 180 Å². The zero-order valence-corrected chi connectivity index (χ0v) is 17.8. The van der Waals surface area contributed by atoms with Gasteiger partial charge in [-0.2, -0.15) is 0 Å². The third-order valence-corrected chi connectivity index (χ3v) is 6.05. The van der Waals surface area contributed by atoms with Gasteiger partial charge in [-0.1, -0.05) is 12.1 Å². The molecule has 0 bridgehead atoms. The van der Waals surface area contributed by atoms with E-state index < -0.39 is 0 Å². The molecule has 2 aromatic heterocycles. The van der Waals surface area contributed by atoms with Gasteiger partial charge in [0.25, 0.3) is 5.91 Å². The molecule has 1 fully saturated rings. The fraction of sp³-hybridized carbons (Fsp3) is 0.391. The predicted molar refractivity (Wildman–Crippen MR) is 119 cm³/mol. The second kappa shape index (κ2) is 7.68. The van der Waals surface area contributed by atoms with Crippen LogP contribution in [0.5, 0.6) is 0 Å². The number of aryl methyl sites for hydroxylation is 1. The molecule has 1 aliphatic heterocycles. The van der Waals surface area contributed by atoms with E-state index in [0.717, 1.165) is 35.3 Å². The van der Waals surface area contributed by atoms with E-state index in [2.05, 4.69) is 20.3 Å². The molecule has 3 heterocycles. The number of amides is 2. The number of aromatic amines is 1. The number of anilines is 2. The number of likely N-dealkylation sites (N-methyl/N-ethyl adjacent to an activating group) is 1. The lowest BCUT2D eigenvalue weighted by atomic mass is 10.1. The zero-order chi connectivity index (χ0) is 21.5. The van der Waals surface area contributed by atoms with Crippen molar-refractivity contribution in [2.45, 2.75) is 26.2 Å². The number of pyridine rings is 1. The van der Waals surface area contributed by atoms with Gasteiger partial charge in [-0.15, -0.1) is 0 Å². The minimum absolute atomic E-state index is 0.0272. The van der Waals surface area contributed by atoms with Crippen molar-refractivity contribution < 1.29 is 9.59 Å². The van der Waals surface area contributed by atoms with Crippen molar-refractivity contribution >= 4 is 34.4 Å². The molecule has 0 radical (unpaired) electrons. The molecule has 1 aromatic carbocycles. The topological polar surface area (TPSA) is 94.2 Å². The highest BCUT2D eigenvalue weighted by atomic mass is 16.2. The summed E-state index contributed by atoms with van der Waals surface area (Å²) >= 11 is 0. The first-order valence-electron chi connectivity index (χ1n) is 10.7. The van der Waals surface area contributed by atoms with E-state index in [1.807, 2.05) is 25.1 Å². The number of fused-ring (bicyclic) bond motifs is 2. The lowest BCUT2D eigenvalue weighted by molar-refractivity contribution is -0.117. The van der Waals surface area contributed by atoms with Crippen LogP contribution < -0.4 is 10.2 Å². The minimum atomic E-state index is -0.119. The van der Waals surface area contributed by atoms with Crippen LogP contribution in [0.1, 0.15) is 34.6 Å². The molecule has 2 aliphatic rings. The molecule has 8 heteroatoms. The van der Waals surface area contributed by atoms with Gasteiger partial charge in [0.2, 0.25) is 5.91 Å². The van der Waals surface area contributed by atoms with Gasteiger partial charge in [0.15, 0.2) is 0 Å². The molecule has 8 nitrogen and oxygen atoms in total. The lowest BCUT2D eigenvalue weighted by Gasteiger charge is -2.30. The summed E-state index contributed by atoms with van der Waals surface area (Å²) in [6, 6.07) is 7.84. The zero-order valence-electron chi connectivity index (χ0n) is 17.8. The lowest BCUT2D eigenvalue weighted by Crippen LogP contribution is -2.41. The summed E-state index contributed by atoms with van der Waals surface area (Å²) in [7, 11) is 1.78. The van der Waals surface area contributed by atoms with Crippen molar-refractivity contribution in [3.05, 3.63) is 47.4 Å². The number of carbonyl (C=O) groups excluding carboxylic acids is 2. The van der Waals surface area contributed by atoms with Gasteiger partial charge in [-0.25, -0.2) is 9.97 Å². The smallest absolute Gasteiger partial charge is 0.255 e. The minimum Gasteiger partial charge on any atom is -0.359 e. The van der Waals surface area contributed by atoms with E-state index in [1.54, 1.807) is 29.1 Å². The molecule has 3 aromatic rings. The summed E-state index contributed by atoms with van der Waals surface area (Å²) in [4.78, 5) is 41.3. The number of imidazole rings is 1. The molecule has 5 rings (SSSR count). The van der Waals surface area contributed by atoms with E-state index in [9.17, 15) is 9.59 Å². The molecule has 2 amide bonds. The fourth-order valence-electron chi connectivity index (χ4n) is 4.00. The molecule has 0 saturated heterocycles. The molecule has 1 saturated carbocycles. The maximum absolute atomic E-state index is 13.0. The highest BCUT2D eigenvalue weighted by molar-refractivity contribution is 6.04. The number of para-hydroxylation sites is 1. The summed E-state index contributed by atoms with van der Waals surface area (Å²) in [5, 5.41) is 3.06. The largest absolute Gasteiger partial charge is 0.359 e. The second-order valence-corrected chi connectivity index (χ2v) is 8.52. The monoisotopic (exact) mass is 418 g/mol. The number of carbonyl (C=O) groups is 2. The number of hydrogen-bond donors (Lipinski definition) is 2. The molecule has 2 N–H and O–H groups in total. The summed E-state index contributed by atoms with van der Waals surface area (Å²) in [5.41, 5.74) is 4.30. The van der Waals surface area contributed by atoms with Gasteiger partial charge in [0.05, 0.1) is 28.8 Å². The second-order valence-electron chi connectivity index (χ2n) is 8.52. The maximum Gasteiger partial charge on any atom is 0.255 e. The van der Waals surface area contributed by atoms with Crippen LogP contribution in [-0.2, 0) is 11.2 Å². The van der Waals surface area contributed by atoms with Crippen molar-refractivity contribution in [2.24, 2.45) is 5.92 Å². The van der Waals surface area contributed by atoms with E-state index in [-0.39, 0.29) is 18.4 Å². The fourth-order valence-corrected chi connectivity index (χ4v) is 4.00. The summed E-state index contributed by atoms with van der Waals surface area (Å²) < 4.78 is 0. The molecule has 0 spiro atoms. The Hall–Kier alpha value is -3.42. The van der Waals surface area contributed by atoms with Crippen molar-refractivity contribution in [3.63, 3.8) is 0 Å². The third kappa shape index (κ3) is 3.85. The van der Waals surface area contributed by atoms with Crippen LogP contribution in [0.2, 0.25) is 0 Å². The Morgan fingerprint density at radius 1 is 1.32 bits per heavy atom. The van der Waals surface area contributed by atoms with Gasteiger partial charge in [-0.3, -0.25) is 9.59 Å². The quantitative estimate of drug-likeness (QED) is 0.642. The molecular weight excluding hydrogens is 392 g/mol. The summed E-state index contributed by atoms with van der Waals surface area (Å²) in [6.45, 7) is 3.51. The normalized spacial score (nSPS) is 15.7. The van der Waals surface area contributed by atoms with Crippen molar-refractivity contribution in [3.8, 4) is 0 Å². The standard InChI is InChI=1S/C23H26N6O2/c1-14-4-3-5-17-21(14)27-19(26-17)8-9-28(2)23(31)16-10-18-22(24-11-16)25-12-20(30)29(18)13-15-6-7-15/h3-5,10-11,15H,6-9,12-13H2,1-2H3,(H,24,25)(H,26,27). The first-order chi connectivity index (χ1) is 15.0. The van der Waals surface area contributed by atoms with E-state index in [0.29, 0.717) is 42.5 Å². The number of benzene rings is 1. The number of H-pyrrole nitrogens is 1. The van der Waals surface area contributed by atoms with Gasteiger partial charge in [-0.05, 0) is 43.4 Å². The Bertz CT molecular complexity index is 1170. The van der Waals surface area contributed by atoms with Crippen LogP contribution in [-0.4, -0.2) is 58.3 Å². The number of aromatic nitrogens is 3. The average Bonchev–Trinajstić information content (AvgIpc) is 3.49. The Morgan fingerprint density at radius 3 is 2.94 bits per heavy atom. The van der Waals surface area contributed by atoms with E-state index >= 15 is 0 Å². The van der Waals surface area contributed by atoms with Gasteiger partial charge >= 0.3 is 0 Å². The average molecular weight is 419 g/mol. The first-order valence-corrected chi connectivity index (χ1v) is 10.7. The van der Waals surface area contributed by atoms with Crippen LogP contribution in [0.4, 0.5) is 11.5 Å². The van der Waals surface area contributed by atoms with Crippen LogP contribution in [0.25, 0.3) is 11.0 Å². The van der Waals surface area contributed by atoms with Crippen LogP contribution in [0.3, 0.4) is 0 Å². The predicted octanol–water partition coefficient (Wildman–Crippen LogP) is 2.75.